The fourth-order valence-corrected chi connectivity index (χ4v) is 4.12. The van der Waals surface area contributed by atoms with Crippen molar-refractivity contribution in [2.24, 2.45) is 5.92 Å². The highest BCUT2D eigenvalue weighted by Crippen LogP contribution is 2.31. The molecule has 0 aliphatic heterocycles. The van der Waals surface area contributed by atoms with E-state index in [4.69, 9.17) is 9.47 Å². The first-order valence-corrected chi connectivity index (χ1v) is 11.3. The van der Waals surface area contributed by atoms with Gasteiger partial charge in [-0.15, -0.1) is 0 Å². The molecule has 0 saturated heterocycles. The van der Waals surface area contributed by atoms with Crippen LogP contribution in [0.4, 0.5) is 0 Å². The third-order valence-corrected chi connectivity index (χ3v) is 6.18. The molecule has 0 heterocycles. The molecule has 1 aliphatic rings. The summed E-state index contributed by atoms with van der Waals surface area (Å²) in [5.41, 5.74) is 2.19. The van der Waals surface area contributed by atoms with Gasteiger partial charge in [0.25, 0.3) is 0 Å². The van der Waals surface area contributed by atoms with Gasteiger partial charge in [-0.25, -0.2) is 0 Å². The number of methoxy groups -OCH3 is 1. The van der Waals surface area contributed by atoms with Crippen molar-refractivity contribution in [3.8, 4) is 11.5 Å². The molecular weight excluding hydrogens is 374 g/mol. The molecule has 1 aliphatic carbocycles. The minimum Gasteiger partial charge on any atom is -0.493 e. The molecule has 3 rings (SSSR count). The van der Waals surface area contributed by atoms with E-state index in [1.54, 1.807) is 7.11 Å². The number of hydrogen-bond acceptors (Lipinski definition) is 3. The second kappa shape index (κ2) is 11.1. The van der Waals surface area contributed by atoms with E-state index in [0.717, 1.165) is 36.1 Å². The Morgan fingerprint density at radius 3 is 2.43 bits per heavy atom. The Morgan fingerprint density at radius 2 is 1.77 bits per heavy atom. The molecule has 1 atom stereocenters. The topological polar surface area (TPSA) is 38.8 Å². The summed E-state index contributed by atoms with van der Waals surface area (Å²) in [6.07, 6.45) is 6.61. The van der Waals surface area contributed by atoms with E-state index in [1.807, 2.05) is 48.5 Å². The number of carbonyl (C=O) groups excluding carboxylic acids is 1. The van der Waals surface area contributed by atoms with Gasteiger partial charge in [-0.2, -0.15) is 0 Å². The quantitative estimate of drug-likeness (QED) is 0.511. The minimum atomic E-state index is 0.183. The highest BCUT2D eigenvalue weighted by Gasteiger charge is 2.28. The summed E-state index contributed by atoms with van der Waals surface area (Å²) in [7, 11) is 1.66. The van der Waals surface area contributed by atoms with Crippen LogP contribution < -0.4 is 9.47 Å². The maximum atomic E-state index is 13.3. The summed E-state index contributed by atoms with van der Waals surface area (Å²) in [4.78, 5) is 15.3. The zero-order valence-corrected chi connectivity index (χ0v) is 18.6. The van der Waals surface area contributed by atoms with Gasteiger partial charge < -0.3 is 14.4 Å². The summed E-state index contributed by atoms with van der Waals surface area (Å²) in [6.45, 7) is 5.40. The molecule has 30 heavy (non-hydrogen) atoms. The fourth-order valence-electron chi connectivity index (χ4n) is 4.12. The van der Waals surface area contributed by atoms with Gasteiger partial charge in [-0.05, 0) is 49.4 Å². The van der Waals surface area contributed by atoms with Crippen molar-refractivity contribution in [1.82, 2.24) is 4.90 Å². The molecule has 1 unspecified atom stereocenters. The summed E-state index contributed by atoms with van der Waals surface area (Å²) < 4.78 is 11.6. The van der Waals surface area contributed by atoms with Gasteiger partial charge in [0.05, 0.1) is 7.11 Å². The highest BCUT2D eigenvalue weighted by atomic mass is 16.5. The Hall–Kier alpha value is -2.49. The average molecular weight is 410 g/mol. The van der Waals surface area contributed by atoms with E-state index in [-0.39, 0.29) is 12.0 Å². The van der Waals surface area contributed by atoms with Gasteiger partial charge in [-0.3, -0.25) is 4.79 Å². The van der Waals surface area contributed by atoms with Crippen LogP contribution in [0.15, 0.2) is 48.5 Å². The van der Waals surface area contributed by atoms with Crippen LogP contribution in [0.1, 0.15) is 63.5 Å². The Balaban J connectivity index is 1.71. The molecule has 2 aromatic rings. The Labute approximate surface area is 181 Å². The van der Waals surface area contributed by atoms with Crippen LogP contribution in [0.25, 0.3) is 0 Å². The van der Waals surface area contributed by atoms with Gasteiger partial charge >= 0.3 is 0 Å². The molecule has 0 N–H and O–H groups in total. The number of nitrogens with zero attached hydrogens (tertiary/aromatic N) is 1. The fraction of sp³-hybridized carbons (Fsp3) is 0.500. The van der Waals surface area contributed by atoms with E-state index >= 15 is 0 Å². The molecule has 0 radical (unpaired) electrons. The van der Waals surface area contributed by atoms with E-state index in [0.29, 0.717) is 24.8 Å². The first kappa shape index (κ1) is 22.2. The summed E-state index contributed by atoms with van der Waals surface area (Å²) in [6, 6.07) is 16.3. The van der Waals surface area contributed by atoms with Gasteiger partial charge in [0.2, 0.25) is 5.91 Å². The van der Waals surface area contributed by atoms with Crippen LogP contribution >= 0.6 is 0 Å². The van der Waals surface area contributed by atoms with Gasteiger partial charge in [0, 0.05) is 18.5 Å². The standard InChI is InChI=1S/C26H35NO3/c1-4-20(2)27(26(28)23-13-9-6-10-14-23)18-22-15-16-24(25(17-22)29-3)30-19-21-11-7-5-8-12-21/h5,7-8,11-12,15-17,20,23H,4,6,9-10,13-14,18-19H2,1-3H3. The van der Waals surface area contributed by atoms with E-state index in [9.17, 15) is 4.79 Å². The van der Waals surface area contributed by atoms with E-state index < -0.39 is 0 Å². The average Bonchev–Trinajstić information content (AvgIpc) is 2.81. The zero-order valence-electron chi connectivity index (χ0n) is 18.6. The lowest BCUT2D eigenvalue weighted by atomic mass is 9.87. The molecule has 4 heteroatoms. The molecule has 1 amide bonds. The van der Waals surface area contributed by atoms with Crippen molar-refractivity contribution >= 4 is 5.91 Å². The smallest absolute Gasteiger partial charge is 0.226 e. The van der Waals surface area contributed by atoms with Crippen molar-refractivity contribution in [3.63, 3.8) is 0 Å². The van der Waals surface area contributed by atoms with Gasteiger partial charge in [0.15, 0.2) is 11.5 Å². The number of ether oxygens (including phenoxy) is 2. The highest BCUT2D eigenvalue weighted by molar-refractivity contribution is 5.79. The first-order valence-electron chi connectivity index (χ1n) is 11.3. The zero-order chi connectivity index (χ0) is 21.3. The normalized spacial score (nSPS) is 15.4. The second-order valence-corrected chi connectivity index (χ2v) is 8.32. The maximum Gasteiger partial charge on any atom is 0.226 e. The molecule has 0 bridgehead atoms. The van der Waals surface area contributed by atoms with Crippen molar-refractivity contribution in [1.29, 1.82) is 0 Å². The van der Waals surface area contributed by atoms with Crippen LogP contribution in [0.5, 0.6) is 11.5 Å². The molecule has 1 fully saturated rings. The molecule has 0 spiro atoms. The molecule has 4 nitrogen and oxygen atoms in total. The third kappa shape index (κ3) is 5.78. The Kier molecular flexibility index (Phi) is 8.18. The van der Waals surface area contributed by atoms with Crippen molar-refractivity contribution in [2.75, 3.05) is 7.11 Å². The molecular formula is C26H35NO3. The third-order valence-electron chi connectivity index (χ3n) is 6.18. The van der Waals surface area contributed by atoms with Gasteiger partial charge in [-0.1, -0.05) is 62.6 Å². The van der Waals surface area contributed by atoms with Crippen LogP contribution in [-0.2, 0) is 17.9 Å². The Morgan fingerprint density at radius 1 is 1.03 bits per heavy atom. The molecule has 0 aromatic heterocycles. The lowest BCUT2D eigenvalue weighted by molar-refractivity contribution is -0.139. The lowest BCUT2D eigenvalue weighted by Gasteiger charge is -2.33. The number of amides is 1. The SMILES string of the molecule is CCC(C)N(Cc1ccc(OCc2ccccc2)c(OC)c1)C(=O)C1CCCCC1. The van der Waals surface area contributed by atoms with Crippen molar-refractivity contribution in [2.45, 2.75) is 71.6 Å². The maximum absolute atomic E-state index is 13.3. The Bertz CT molecular complexity index is 799. The number of hydrogen-bond donors (Lipinski definition) is 0. The molecule has 162 valence electrons. The number of carbonyl (C=O) groups is 1. The number of rotatable bonds is 9. The summed E-state index contributed by atoms with van der Waals surface area (Å²) in [5, 5.41) is 0. The van der Waals surface area contributed by atoms with Crippen LogP contribution in [0, 0.1) is 5.92 Å². The van der Waals surface area contributed by atoms with E-state index in [1.165, 1.54) is 19.3 Å². The number of benzene rings is 2. The van der Waals surface area contributed by atoms with E-state index in [2.05, 4.69) is 18.7 Å². The minimum absolute atomic E-state index is 0.183. The molecule has 1 saturated carbocycles. The summed E-state index contributed by atoms with van der Waals surface area (Å²) in [5.74, 6) is 1.92. The van der Waals surface area contributed by atoms with Crippen LogP contribution in [0.3, 0.4) is 0 Å². The van der Waals surface area contributed by atoms with Crippen LogP contribution in [0.2, 0.25) is 0 Å². The van der Waals surface area contributed by atoms with Gasteiger partial charge in [0.1, 0.15) is 6.61 Å². The van der Waals surface area contributed by atoms with Crippen molar-refractivity contribution in [3.05, 3.63) is 59.7 Å². The van der Waals surface area contributed by atoms with Crippen LogP contribution in [-0.4, -0.2) is 24.0 Å². The molecule has 2 aromatic carbocycles. The second-order valence-electron chi connectivity index (χ2n) is 8.32. The van der Waals surface area contributed by atoms with Crippen molar-refractivity contribution < 1.29 is 14.3 Å². The monoisotopic (exact) mass is 409 g/mol. The first-order chi connectivity index (χ1) is 14.6. The largest absolute Gasteiger partial charge is 0.493 e. The predicted molar refractivity (Wildman–Crippen MR) is 121 cm³/mol. The predicted octanol–water partition coefficient (Wildman–Crippen LogP) is 5.98. The lowest BCUT2D eigenvalue weighted by Crippen LogP contribution is -2.42. The summed E-state index contributed by atoms with van der Waals surface area (Å²) >= 11 is 0.